The molecule has 0 spiro atoms. The van der Waals surface area contributed by atoms with Gasteiger partial charge in [-0.1, -0.05) is 11.6 Å². The number of hydrogen-bond acceptors (Lipinski definition) is 5. The number of halogens is 1. The predicted octanol–water partition coefficient (Wildman–Crippen LogP) is 3.29. The Morgan fingerprint density at radius 1 is 1.15 bits per heavy atom. The molecule has 3 rings (SSSR count). The second kappa shape index (κ2) is 7.53. The number of amides is 1. The van der Waals surface area contributed by atoms with Crippen molar-refractivity contribution in [2.45, 2.75) is 13.0 Å². The summed E-state index contributed by atoms with van der Waals surface area (Å²) in [5.41, 5.74) is 1.56. The Hall–Kier alpha value is -2.93. The van der Waals surface area contributed by atoms with E-state index in [2.05, 4.69) is 5.32 Å². The standard InChI is InChI=1S/C18H17ClN2O5/c1-24-14-6-4-12(10-16(14)25-2)20-17(22)7-8-21-13-5-3-11(19)9-15(13)26-18(21)23/h3-6,9-10H,7-8H2,1-2H3,(H,20,22). The Morgan fingerprint density at radius 3 is 2.65 bits per heavy atom. The lowest BCUT2D eigenvalue weighted by Gasteiger charge is -2.10. The number of fused-ring (bicyclic) bond motifs is 1. The fourth-order valence-corrected chi connectivity index (χ4v) is 2.76. The number of anilines is 1. The summed E-state index contributed by atoms with van der Waals surface area (Å²) in [7, 11) is 3.06. The number of carbonyl (C=O) groups is 1. The molecule has 1 heterocycles. The van der Waals surface area contributed by atoms with E-state index in [1.165, 1.54) is 18.8 Å². The third-order valence-electron chi connectivity index (χ3n) is 3.86. The number of methoxy groups -OCH3 is 2. The summed E-state index contributed by atoms with van der Waals surface area (Å²) in [5.74, 6) is 0.313. The van der Waals surface area contributed by atoms with Crippen LogP contribution in [0.3, 0.4) is 0 Å². The molecule has 0 aliphatic heterocycles. The molecular weight excluding hydrogens is 360 g/mol. The molecule has 0 radical (unpaired) electrons. The number of nitrogens with one attached hydrogen (secondary N) is 1. The third-order valence-corrected chi connectivity index (χ3v) is 4.10. The number of nitrogens with zero attached hydrogens (tertiary/aromatic N) is 1. The molecule has 0 atom stereocenters. The van der Waals surface area contributed by atoms with Gasteiger partial charge in [-0.2, -0.15) is 0 Å². The molecular formula is C18H17ClN2O5. The number of ether oxygens (including phenoxy) is 2. The molecule has 0 aliphatic rings. The van der Waals surface area contributed by atoms with E-state index < -0.39 is 5.76 Å². The van der Waals surface area contributed by atoms with Gasteiger partial charge in [0.1, 0.15) is 0 Å². The van der Waals surface area contributed by atoms with Gasteiger partial charge >= 0.3 is 5.76 Å². The Labute approximate surface area is 154 Å². The van der Waals surface area contributed by atoms with Crippen LogP contribution in [0.25, 0.3) is 11.1 Å². The summed E-state index contributed by atoms with van der Waals surface area (Å²) in [6.07, 6.45) is 0.103. The molecule has 1 aromatic heterocycles. The SMILES string of the molecule is COc1ccc(NC(=O)CCn2c(=O)oc3cc(Cl)ccc32)cc1OC. The number of aromatic nitrogens is 1. The predicted molar refractivity (Wildman–Crippen MR) is 98.3 cm³/mol. The van der Waals surface area contributed by atoms with E-state index in [0.717, 1.165) is 0 Å². The number of carbonyl (C=O) groups excluding carboxylic acids is 1. The first kappa shape index (κ1) is 17.9. The van der Waals surface area contributed by atoms with Crippen molar-refractivity contribution < 1.29 is 18.7 Å². The molecule has 136 valence electrons. The number of oxazole rings is 1. The van der Waals surface area contributed by atoms with Gasteiger partial charge in [0, 0.05) is 35.8 Å². The normalized spacial score (nSPS) is 10.7. The molecule has 0 fully saturated rings. The zero-order chi connectivity index (χ0) is 18.7. The minimum absolute atomic E-state index is 0.103. The monoisotopic (exact) mass is 376 g/mol. The number of hydrogen-bond donors (Lipinski definition) is 1. The van der Waals surface area contributed by atoms with Gasteiger partial charge in [-0.05, 0) is 24.3 Å². The van der Waals surface area contributed by atoms with Gasteiger partial charge < -0.3 is 19.2 Å². The highest BCUT2D eigenvalue weighted by molar-refractivity contribution is 6.31. The molecule has 0 aliphatic carbocycles. The molecule has 1 amide bonds. The smallest absolute Gasteiger partial charge is 0.419 e. The van der Waals surface area contributed by atoms with E-state index in [1.807, 2.05) is 0 Å². The maximum atomic E-state index is 12.2. The molecule has 0 bridgehead atoms. The average Bonchev–Trinajstić information content (AvgIpc) is 2.93. The van der Waals surface area contributed by atoms with Crippen molar-refractivity contribution in [1.29, 1.82) is 0 Å². The molecule has 0 saturated heterocycles. The second-order valence-electron chi connectivity index (χ2n) is 5.50. The van der Waals surface area contributed by atoms with Crippen LogP contribution >= 0.6 is 11.6 Å². The summed E-state index contributed by atoms with van der Waals surface area (Å²) in [5, 5.41) is 3.24. The van der Waals surface area contributed by atoms with E-state index in [0.29, 0.717) is 33.3 Å². The van der Waals surface area contributed by atoms with Crippen molar-refractivity contribution in [3.8, 4) is 11.5 Å². The topological polar surface area (TPSA) is 82.7 Å². The van der Waals surface area contributed by atoms with Crippen LogP contribution in [0, 0.1) is 0 Å². The first-order valence-corrected chi connectivity index (χ1v) is 8.20. The molecule has 0 unspecified atom stereocenters. The van der Waals surface area contributed by atoms with Gasteiger partial charge in [-0.3, -0.25) is 9.36 Å². The molecule has 7 nitrogen and oxygen atoms in total. The summed E-state index contributed by atoms with van der Waals surface area (Å²) in [4.78, 5) is 24.2. The van der Waals surface area contributed by atoms with Gasteiger partial charge in [0.2, 0.25) is 5.91 Å². The molecule has 1 N–H and O–H groups in total. The van der Waals surface area contributed by atoms with Crippen LogP contribution in [0.1, 0.15) is 6.42 Å². The Balaban J connectivity index is 1.70. The molecule has 2 aromatic carbocycles. The van der Waals surface area contributed by atoms with Crippen LogP contribution in [-0.4, -0.2) is 24.7 Å². The van der Waals surface area contributed by atoms with Gasteiger partial charge in [0.15, 0.2) is 17.1 Å². The summed E-state index contributed by atoms with van der Waals surface area (Å²) in [6, 6.07) is 10.00. The van der Waals surface area contributed by atoms with Crippen molar-refractivity contribution in [2.24, 2.45) is 0 Å². The van der Waals surface area contributed by atoms with Gasteiger partial charge in [-0.25, -0.2) is 4.79 Å². The maximum Gasteiger partial charge on any atom is 0.419 e. The van der Waals surface area contributed by atoms with Crippen LogP contribution in [-0.2, 0) is 11.3 Å². The minimum Gasteiger partial charge on any atom is -0.493 e. The maximum absolute atomic E-state index is 12.2. The minimum atomic E-state index is -0.527. The molecule has 26 heavy (non-hydrogen) atoms. The fraction of sp³-hybridized carbons (Fsp3) is 0.222. The van der Waals surface area contributed by atoms with E-state index in [-0.39, 0.29) is 18.9 Å². The first-order chi connectivity index (χ1) is 12.5. The number of rotatable bonds is 6. The van der Waals surface area contributed by atoms with Crippen LogP contribution in [0.4, 0.5) is 5.69 Å². The number of aryl methyl sites for hydroxylation is 1. The van der Waals surface area contributed by atoms with E-state index in [9.17, 15) is 9.59 Å². The summed E-state index contributed by atoms with van der Waals surface area (Å²) < 4.78 is 16.9. The van der Waals surface area contributed by atoms with Crippen LogP contribution in [0.2, 0.25) is 5.02 Å². The van der Waals surface area contributed by atoms with E-state index >= 15 is 0 Å². The molecule has 3 aromatic rings. The third kappa shape index (κ3) is 3.67. The highest BCUT2D eigenvalue weighted by Crippen LogP contribution is 2.29. The van der Waals surface area contributed by atoms with Gasteiger partial charge in [0.25, 0.3) is 0 Å². The quantitative estimate of drug-likeness (QED) is 0.713. The largest absolute Gasteiger partial charge is 0.493 e. The molecule has 0 saturated carbocycles. The first-order valence-electron chi connectivity index (χ1n) is 7.82. The van der Waals surface area contributed by atoms with Crippen molar-refractivity contribution in [3.63, 3.8) is 0 Å². The number of benzene rings is 2. The van der Waals surface area contributed by atoms with Crippen LogP contribution in [0.5, 0.6) is 11.5 Å². The summed E-state index contributed by atoms with van der Waals surface area (Å²) >= 11 is 5.89. The lowest BCUT2D eigenvalue weighted by molar-refractivity contribution is -0.116. The van der Waals surface area contributed by atoms with Crippen molar-refractivity contribution >= 4 is 34.3 Å². The van der Waals surface area contributed by atoms with Gasteiger partial charge in [0.05, 0.1) is 19.7 Å². The van der Waals surface area contributed by atoms with E-state index in [4.69, 9.17) is 25.5 Å². The van der Waals surface area contributed by atoms with Crippen molar-refractivity contribution in [1.82, 2.24) is 4.57 Å². The summed E-state index contributed by atoms with van der Waals surface area (Å²) in [6.45, 7) is 0.187. The highest BCUT2D eigenvalue weighted by atomic mass is 35.5. The second-order valence-corrected chi connectivity index (χ2v) is 5.94. The average molecular weight is 377 g/mol. The van der Waals surface area contributed by atoms with Crippen molar-refractivity contribution in [3.05, 3.63) is 52.0 Å². The Kier molecular flexibility index (Phi) is 5.18. The fourth-order valence-electron chi connectivity index (χ4n) is 2.60. The molecule has 8 heteroatoms. The Bertz CT molecular complexity index is 1010. The zero-order valence-electron chi connectivity index (χ0n) is 14.2. The highest BCUT2D eigenvalue weighted by Gasteiger charge is 2.12. The Morgan fingerprint density at radius 2 is 1.92 bits per heavy atom. The zero-order valence-corrected chi connectivity index (χ0v) is 15.0. The van der Waals surface area contributed by atoms with E-state index in [1.54, 1.807) is 36.4 Å². The van der Waals surface area contributed by atoms with Crippen molar-refractivity contribution in [2.75, 3.05) is 19.5 Å². The lowest BCUT2D eigenvalue weighted by Crippen LogP contribution is -2.19. The van der Waals surface area contributed by atoms with Crippen LogP contribution in [0.15, 0.2) is 45.6 Å². The van der Waals surface area contributed by atoms with Crippen LogP contribution < -0.4 is 20.5 Å². The lowest BCUT2D eigenvalue weighted by atomic mass is 10.2. The van der Waals surface area contributed by atoms with Gasteiger partial charge in [-0.15, -0.1) is 0 Å².